The zero-order chi connectivity index (χ0) is 27.4. The van der Waals surface area contributed by atoms with Crippen LogP contribution in [0.1, 0.15) is 56.2 Å². The first kappa shape index (κ1) is 26.4. The molecule has 1 N–H and O–H groups in total. The van der Waals surface area contributed by atoms with Crippen molar-refractivity contribution >= 4 is 23.3 Å². The molecule has 0 radical (unpaired) electrons. The summed E-state index contributed by atoms with van der Waals surface area (Å²) >= 11 is 0. The van der Waals surface area contributed by atoms with Gasteiger partial charge in [-0.05, 0) is 74.2 Å². The van der Waals surface area contributed by atoms with Crippen LogP contribution in [-0.2, 0) is 0 Å². The van der Waals surface area contributed by atoms with Crippen LogP contribution in [0.5, 0.6) is 0 Å². The van der Waals surface area contributed by atoms with Gasteiger partial charge in [-0.1, -0.05) is 24.3 Å². The van der Waals surface area contributed by atoms with Crippen LogP contribution >= 0.6 is 0 Å². The third-order valence-electron chi connectivity index (χ3n) is 7.85. The fraction of sp³-hybridized carbons (Fsp3) is 0.355. The first-order chi connectivity index (χ1) is 18.9. The summed E-state index contributed by atoms with van der Waals surface area (Å²) in [5.74, 6) is 0.920. The second-order valence-electron chi connectivity index (χ2n) is 10.4. The third kappa shape index (κ3) is 5.94. The highest BCUT2D eigenvalue weighted by molar-refractivity contribution is 5.96. The highest BCUT2D eigenvalue weighted by Gasteiger charge is 2.26. The topological polar surface area (TPSA) is 92.6 Å². The number of aryl methyl sites for hydroxylation is 1. The molecule has 3 heterocycles. The van der Waals surface area contributed by atoms with Gasteiger partial charge >= 0.3 is 0 Å². The monoisotopic (exact) mass is 522 g/mol. The molecule has 2 saturated heterocycles. The van der Waals surface area contributed by atoms with E-state index in [4.69, 9.17) is 0 Å². The Morgan fingerprint density at radius 2 is 1.56 bits per heavy atom. The number of pyridine rings is 1. The Balaban J connectivity index is 1.22. The standard InChI is InChI=1S/C31H34N6O2/c1-22-7-8-24(30(38)36-13-11-23(12-14-36)27-6-4-3-5-25(27)20-32)19-28(22)34-29-10-9-26(21-33-29)31(39)37-17-15-35(2)16-18-37/h3-10,19,21,23H,11-18H2,1-2H3,(H,33,34). The van der Waals surface area contributed by atoms with Crippen molar-refractivity contribution < 1.29 is 9.59 Å². The van der Waals surface area contributed by atoms with Gasteiger partial charge in [0.05, 0.1) is 17.2 Å². The number of carbonyl (C=O) groups excluding carboxylic acids is 2. The average molecular weight is 523 g/mol. The number of hydrogen-bond acceptors (Lipinski definition) is 6. The summed E-state index contributed by atoms with van der Waals surface area (Å²) in [4.78, 5) is 36.6. The number of nitrogens with one attached hydrogen (secondary N) is 1. The van der Waals surface area contributed by atoms with Crippen molar-refractivity contribution in [2.45, 2.75) is 25.7 Å². The second-order valence-corrected chi connectivity index (χ2v) is 10.4. The number of nitrogens with zero attached hydrogens (tertiary/aromatic N) is 5. The predicted molar refractivity (Wildman–Crippen MR) is 151 cm³/mol. The number of piperazine rings is 1. The first-order valence-electron chi connectivity index (χ1n) is 13.5. The van der Waals surface area contributed by atoms with Crippen molar-refractivity contribution in [2.75, 3.05) is 51.6 Å². The fourth-order valence-electron chi connectivity index (χ4n) is 5.35. The van der Waals surface area contributed by atoms with E-state index in [-0.39, 0.29) is 17.7 Å². The number of nitriles is 1. The van der Waals surface area contributed by atoms with Crippen molar-refractivity contribution in [3.8, 4) is 6.07 Å². The van der Waals surface area contributed by atoms with E-state index < -0.39 is 0 Å². The Morgan fingerprint density at radius 3 is 2.26 bits per heavy atom. The van der Waals surface area contributed by atoms with Crippen LogP contribution in [0.4, 0.5) is 11.5 Å². The van der Waals surface area contributed by atoms with Crippen LogP contribution in [0.25, 0.3) is 0 Å². The lowest BCUT2D eigenvalue weighted by Gasteiger charge is -2.32. The van der Waals surface area contributed by atoms with E-state index in [2.05, 4.69) is 28.3 Å². The lowest BCUT2D eigenvalue weighted by atomic mass is 9.86. The number of likely N-dealkylation sites (N-methyl/N-ethyl adjacent to an activating group) is 1. The van der Waals surface area contributed by atoms with E-state index in [0.29, 0.717) is 30.0 Å². The highest BCUT2D eigenvalue weighted by Crippen LogP contribution is 2.31. The number of rotatable bonds is 5. The Morgan fingerprint density at radius 1 is 0.897 bits per heavy atom. The number of anilines is 2. The molecule has 2 amide bonds. The molecule has 2 fully saturated rings. The van der Waals surface area contributed by atoms with Gasteiger partial charge in [0.1, 0.15) is 5.82 Å². The molecule has 0 unspecified atom stereocenters. The molecule has 200 valence electrons. The SMILES string of the molecule is Cc1ccc(C(=O)N2CCC(c3ccccc3C#N)CC2)cc1Nc1ccc(C(=O)N2CCN(C)CC2)cn1. The van der Waals surface area contributed by atoms with Gasteiger partial charge in [0.2, 0.25) is 0 Å². The van der Waals surface area contributed by atoms with Gasteiger partial charge in [0.25, 0.3) is 11.8 Å². The van der Waals surface area contributed by atoms with Crippen LogP contribution in [0.2, 0.25) is 0 Å². The van der Waals surface area contributed by atoms with E-state index in [0.717, 1.165) is 61.4 Å². The summed E-state index contributed by atoms with van der Waals surface area (Å²) in [5.41, 5.74) is 4.81. The molecule has 2 aromatic carbocycles. The lowest BCUT2D eigenvalue weighted by molar-refractivity contribution is 0.0662. The minimum atomic E-state index is 0.00538. The van der Waals surface area contributed by atoms with Crippen molar-refractivity contribution in [3.63, 3.8) is 0 Å². The minimum absolute atomic E-state index is 0.00538. The molecule has 0 aliphatic carbocycles. The predicted octanol–water partition coefficient (Wildman–Crippen LogP) is 4.41. The van der Waals surface area contributed by atoms with Crippen LogP contribution in [0.3, 0.4) is 0 Å². The van der Waals surface area contributed by atoms with Gasteiger partial charge in [-0.3, -0.25) is 9.59 Å². The maximum atomic E-state index is 13.4. The van der Waals surface area contributed by atoms with E-state index in [9.17, 15) is 14.9 Å². The lowest BCUT2D eigenvalue weighted by Crippen LogP contribution is -2.47. The van der Waals surface area contributed by atoms with Gasteiger partial charge in [0, 0.05) is 56.7 Å². The van der Waals surface area contributed by atoms with Crippen molar-refractivity contribution in [1.29, 1.82) is 5.26 Å². The maximum Gasteiger partial charge on any atom is 0.255 e. The molecule has 1 aromatic heterocycles. The van der Waals surface area contributed by atoms with E-state index in [1.54, 1.807) is 18.3 Å². The maximum absolute atomic E-state index is 13.4. The molecule has 0 atom stereocenters. The highest BCUT2D eigenvalue weighted by atomic mass is 16.2. The summed E-state index contributed by atoms with van der Waals surface area (Å²) in [5, 5.41) is 12.8. The molecule has 3 aromatic rings. The number of hydrogen-bond donors (Lipinski definition) is 1. The number of likely N-dealkylation sites (tertiary alicyclic amines) is 1. The molecule has 5 rings (SSSR count). The number of carbonyl (C=O) groups is 2. The number of piperidine rings is 1. The summed E-state index contributed by atoms with van der Waals surface area (Å²) < 4.78 is 0. The van der Waals surface area contributed by atoms with Crippen molar-refractivity contribution in [1.82, 2.24) is 19.7 Å². The van der Waals surface area contributed by atoms with Gasteiger partial charge < -0.3 is 20.0 Å². The third-order valence-corrected chi connectivity index (χ3v) is 7.85. The molecular weight excluding hydrogens is 488 g/mol. The summed E-state index contributed by atoms with van der Waals surface area (Å²) in [6.07, 6.45) is 3.29. The Kier molecular flexibility index (Phi) is 7.89. The molecule has 39 heavy (non-hydrogen) atoms. The summed E-state index contributed by atoms with van der Waals surface area (Å²) in [6, 6.07) is 19.3. The molecule has 2 aliphatic heterocycles. The quantitative estimate of drug-likeness (QED) is 0.534. The zero-order valence-electron chi connectivity index (χ0n) is 22.6. The van der Waals surface area contributed by atoms with Gasteiger partial charge in [-0.15, -0.1) is 0 Å². The molecule has 0 spiro atoms. The van der Waals surface area contributed by atoms with Crippen molar-refractivity contribution in [2.24, 2.45) is 0 Å². The van der Waals surface area contributed by atoms with Crippen LogP contribution in [0.15, 0.2) is 60.8 Å². The summed E-state index contributed by atoms with van der Waals surface area (Å²) in [7, 11) is 2.06. The van der Waals surface area contributed by atoms with Crippen molar-refractivity contribution in [3.05, 3.63) is 88.6 Å². The molecule has 0 bridgehead atoms. The van der Waals surface area contributed by atoms with Gasteiger partial charge in [0.15, 0.2) is 0 Å². The van der Waals surface area contributed by atoms with Crippen LogP contribution in [0, 0.1) is 18.3 Å². The van der Waals surface area contributed by atoms with Gasteiger partial charge in [-0.25, -0.2) is 4.98 Å². The molecule has 0 saturated carbocycles. The Bertz CT molecular complexity index is 1380. The molecule has 8 heteroatoms. The van der Waals surface area contributed by atoms with Crippen LogP contribution < -0.4 is 5.32 Å². The number of amides is 2. The van der Waals surface area contributed by atoms with E-state index >= 15 is 0 Å². The fourth-order valence-corrected chi connectivity index (χ4v) is 5.35. The van der Waals surface area contributed by atoms with E-state index in [1.165, 1.54) is 0 Å². The largest absolute Gasteiger partial charge is 0.340 e. The molecule has 8 nitrogen and oxygen atoms in total. The summed E-state index contributed by atoms with van der Waals surface area (Å²) in [6.45, 7) is 6.50. The second kappa shape index (κ2) is 11.7. The molecular formula is C31H34N6O2. The first-order valence-corrected chi connectivity index (χ1v) is 13.5. The Labute approximate surface area is 229 Å². The average Bonchev–Trinajstić information content (AvgIpc) is 2.98. The minimum Gasteiger partial charge on any atom is -0.340 e. The number of benzene rings is 2. The molecule has 2 aliphatic rings. The number of aromatic nitrogens is 1. The van der Waals surface area contributed by atoms with E-state index in [1.807, 2.05) is 59.2 Å². The zero-order valence-corrected chi connectivity index (χ0v) is 22.6. The van der Waals surface area contributed by atoms with Crippen LogP contribution in [-0.4, -0.2) is 77.8 Å². The van der Waals surface area contributed by atoms with Gasteiger partial charge in [-0.2, -0.15) is 5.26 Å². The Hall–Kier alpha value is -4.22. The normalized spacial score (nSPS) is 16.5. The smallest absolute Gasteiger partial charge is 0.255 e.